The largest absolute Gasteiger partial charge is 0.411 e. The number of amides is 2. The molecule has 4 heterocycles. The van der Waals surface area contributed by atoms with Gasteiger partial charge in [0.2, 0.25) is 17.7 Å². The van der Waals surface area contributed by atoms with E-state index in [0.717, 1.165) is 18.5 Å². The topological polar surface area (TPSA) is 92.4 Å². The summed E-state index contributed by atoms with van der Waals surface area (Å²) in [5, 5.41) is 8.50. The van der Waals surface area contributed by atoms with E-state index in [2.05, 4.69) is 15.2 Å². The number of hydrogen-bond acceptors (Lipinski definition) is 7. The van der Waals surface area contributed by atoms with E-state index in [9.17, 15) is 9.59 Å². The van der Waals surface area contributed by atoms with Gasteiger partial charge in [0.05, 0.1) is 0 Å². The molecular formula is C18H21N5O3S. The predicted molar refractivity (Wildman–Crippen MR) is 98.7 cm³/mol. The van der Waals surface area contributed by atoms with E-state index in [1.807, 2.05) is 16.8 Å². The van der Waals surface area contributed by atoms with Crippen molar-refractivity contribution in [3.05, 3.63) is 24.5 Å². The molecule has 142 valence electrons. The van der Waals surface area contributed by atoms with Crippen LogP contribution in [0.4, 0.5) is 0 Å². The van der Waals surface area contributed by atoms with Crippen molar-refractivity contribution in [2.75, 3.05) is 25.9 Å². The highest BCUT2D eigenvalue weighted by atomic mass is 32.2. The minimum Gasteiger partial charge on any atom is -0.411 e. The maximum atomic E-state index is 12.5. The van der Waals surface area contributed by atoms with E-state index in [1.54, 1.807) is 24.5 Å². The van der Waals surface area contributed by atoms with Gasteiger partial charge < -0.3 is 14.2 Å². The first-order chi connectivity index (χ1) is 13.1. The van der Waals surface area contributed by atoms with Crippen LogP contribution in [0, 0.1) is 5.92 Å². The molecule has 0 aliphatic carbocycles. The molecule has 0 unspecified atom stereocenters. The molecule has 0 bridgehead atoms. The van der Waals surface area contributed by atoms with Crippen molar-refractivity contribution in [3.63, 3.8) is 0 Å². The fourth-order valence-corrected chi connectivity index (χ4v) is 4.46. The molecule has 0 aromatic carbocycles. The van der Waals surface area contributed by atoms with Crippen molar-refractivity contribution >= 4 is 23.6 Å². The minimum absolute atomic E-state index is 0.122. The van der Waals surface area contributed by atoms with E-state index in [4.69, 9.17) is 4.42 Å². The third-order valence-electron chi connectivity index (χ3n) is 5.25. The third-order valence-corrected chi connectivity index (χ3v) is 6.07. The molecule has 2 aliphatic heterocycles. The van der Waals surface area contributed by atoms with Crippen molar-refractivity contribution < 1.29 is 14.0 Å². The van der Waals surface area contributed by atoms with Crippen LogP contribution < -0.4 is 0 Å². The lowest BCUT2D eigenvalue weighted by atomic mass is 9.93. The van der Waals surface area contributed by atoms with Crippen molar-refractivity contribution in [1.82, 2.24) is 25.0 Å². The number of carbonyl (C=O) groups excluding carboxylic acids is 2. The zero-order valence-corrected chi connectivity index (χ0v) is 15.9. The van der Waals surface area contributed by atoms with Crippen LogP contribution in [0.25, 0.3) is 11.5 Å². The van der Waals surface area contributed by atoms with Gasteiger partial charge in [0, 0.05) is 68.6 Å². The third kappa shape index (κ3) is 3.83. The van der Waals surface area contributed by atoms with Crippen LogP contribution in [-0.2, 0) is 9.59 Å². The molecule has 2 saturated heterocycles. The summed E-state index contributed by atoms with van der Waals surface area (Å²) in [4.78, 5) is 32.0. The van der Waals surface area contributed by atoms with Gasteiger partial charge in [0.1, 0.15) is 0 Å². The van der Waals surface area contributed by atoms with Gasteiger partial charge in [0.15, 0.2) is 0 Å². The van der Waals surface area contributed by atoms with E-state index >= 15 is 0 Å². The summed E-state index contributed by atoms with van der Waals surface area (Å²) in [5.41, 5.74) is 0.819. The maximum absolute atomic E-state index is 12.5. The van der Waals surface area contributed by atoms with Crippen LogP contribution in [0.1, 0.15) is 19.3 Å². The summed E-state index contributed by atoms with van der Waals surface area (Å²) in [7, 11) is 1.87. The molecule has 0 saturated carbocycles. The number of hydrogen-bond donors (Lipinski definition) is 0. The van der Waals surface area contributed by atoms with Gasteiger partial charge in [-0.05, 0) is 18.6 Å². The Morgan fingerprint density at radius 1 is 1.33 bits per heavy atom. The van der Waals surface area contributed by atoms with Gasteiger partial charge in [-0.3, -0.25) is 14.6 Å². The number of pyridine rings is 1. The first-order valence-electron chi connectivity index (χ1n) is 9.02. The minimum atomic E-state index is 0.122. The molecular weight excluding hydrogens is 366 g/mol. The van der Waals surface area contributed by atoms with Crippen molar-refractivity contribution in [2.24, 2.45) is 5.92 Å². The first kappa shape index (κ1) is 18.0. The average Bonchev–Trinajstić information content (AvgIpc) is 3.27. The lowest BCUT2D eigenvalue weighted by Gasteiger charge is -2.36. The summed E-state index contributed by atoms with van der Waals surface area (Å²) in [6, 6.07) is 3.90. The van der Waals surface area contributed by atoms with Gasteiger partial charge in [-0.25, -0.2) is 0 Å². The van der Waals surface area contributed by atoms with Gasteiger partial charge >= 0.3 is 0 Å². The Morgan fingerprint density at radius 2 is 2.15 bits per heavy atom. The molecule has 9 heteroatoms. The fraction of sp³-hybridized carbons (Fsp3) is 0.500. The molecule has 2 aromatic rings. The zero-order valence-electron chi connectivity index (χ0n) is 15.1. The summed E-state index contributed by atoms with van der Waals surface area (Å²) in [5.74, 6) is 1.61. The number of nitrogens with zero attached hydrogens (tertiary/aromatic N) is 5. The summed E-state index contributed by atoms with van der Waals surface area (Å²) < 4.78 is 5.62. The number of likely N-dealkylation sites (tertiary alicyclic amines) is 2. The van der Waals surface area contributed by atoms with Crippen LogP contribution in [0.2, 0.25) is 0 Å². The van der Waals surface area contributed by atoms with Crippen LogP contribution >= 0.6 is 11.8 Å². The Bertz CT molecular complexity index is 827. The van der Waals surface area contributed by atoms with E-state index in [1.165, 1.54) is 11.8 Å². The van der Waals surface area contributed by atoms with Crippen LogP contribution in [0.3, 0.4) is 0 Å². The number of aromatic nitrogens is 3. The quantitative estimate of drug-likeness (QED) is 0.721. The highest BCUT2D eigenvalue weighted by Crippen LogP contribution is 2.31. The molecule has 2 amide bonds. The number of carbonyl (C=O) groups is 2. The Kier molecular flexibility index (Phi) is 5.11. The molecule has 2 aromatic heterocycles. The second kappa shape index (κ2) is 7.67. The molecule has 2 atom stereocenters. The SMILES string of the molecule is CN1C(=O)C[C@@H]2CN(C(=O)CCSc3nnc(-c4ccncc4)o3)CC[C@@H]21. The van der Waals surface area contributed by atoms with Gasteiger partial charge in [-0.1, -0.05) is 11.8 Å². The normalized spacial score (nSPS) is 22.2. The lowest BCUT2D eigenvalue weighted by Crippen LogP contribution is -2.47. The Hall–Kier alpha value is -2.42. The number of thioether (sulfide) groups is 1. The highest BCUT2D eigenvalue weighted by molar-refractivity contribution is 7.99. The Morgan fingerprint density at radius 3 is 2.96 bits per heavy atom. The predicted octanol–water partition coefficient (Wildman–Crippen LogP) is 1.69. The zero-order chi connectivity index (χ0) is 18.8. The molecule has 27 heavy (non-hydrogen) atoms. The van der Waals surface area contributed by atoms with Crippen LogP contribution in [-0.4, -0.2) is 68.7 Å². The molecule has 0 spiro atoms. The second-order valence-corrected chi connectivity index (χ2v) is 7.92. The van der Waals surface area contributed by atoms with Crippen molar-refractivity contribution in [2.45, 2.75) is 30.5 Å². The molecule has 0 radical (unpaired) electrons. The van der Waals surface area contributed by atoms with E-state index < -0.39 is 0 Å². The van der Waals surface area contributed by atoms with Gasteiger partial charge in [-0.2, -0.15) is 0 Å². The number of fused-ring (bicyclic) bond motifs is 1. The standard InChI is InChI=1S/C18H21N5O3S/c1-22-14-4-8-23(11-13(14)10-16(22)25)15(24)5-9-27-18-21-20-17(26-18)12-2-6-19-7-3-12/h2-3,6-7,13-14H,4-5,8-11H2,1H3/t13-,14+/m1/s1. The molecule has 2 aliphatic rings. The lowest BCUT2D eigenvalue weighted by molar-refractivity contribution is -0.133. The average molecular weight is 387 g/mol. The fourth-order valence-electron chi connectivity index (χ4n) is 3.77. The summed E-state index contributed by atoms with van der Waals surface area (Å²) >= 11 is 1.38. The number of piperidine rings is 1. The van der Waals surface area contributed by atoms with E-state index in [-0.39, 0.29) is 17.7 Å². The van der Waals surface area contributed by atoms with Crippen LogP contribution in [0.15, 0.2) is 34.2 Å². The maximum Gasteiger partial charge on any atom is 0.276 e. The van der Waals surface area contributed by atoms with Crippen molar-refractivity contribution in [1.29, 1.82) is 0 Å². The van der Waals surface area contributed by atoms with Crippen LogP contribution in [0.5, 0.6) is 0 Å². The first-order valence-corrected chi connectivity index (χ1v) is 10.0. The highest BCUT2D eigenvalue weighted by Gasteiger charge is 2.41. The summed E-state index contributed by atoms with van der Waals surface area (Å²) in [6.45, 7) is 1.39. The van der Waals surface area contributed by atoms with Gasteiger partial charge in [0.25, 0.3) is 5.22 Å². The Labute approximate surface area is 161 Å². The number of rotatable bonds is 5. The molecule has 0 N–H and O–H groups in total. The monoisotopic (exact) mass is 387 g/mol. The molecule has 2 fully saturated rings. The smallest absolute Gasteiger partial charge is 0.276 e. The summed E-state index contributed by atoms with van der Waals surface area (Å²) in [6.07, 6.45) is 5.18. The van der Waals surface area contributed by atoms with E-state index in [0.29, 0.717) is 42.3 Å². The molecule has 8 nitrogen and oxygen atoms in total. The second-order valence-electron chi connectivity index (χ2n) is 6.87. The van der Waals surface area contributed by atoms with Gasteiger partial charge in [-0.15, -0.1) is 10.2 Å². The molecule has 4 rings (SSSR count). The Balaban J connectivity index is 1.26. The van der Waals surface area contributed by atoms with Crippen molar-refractivity contribution in [3.8, 4) is 11.5 Å².